The Balaban J connectivity index is 1.59. The Hall–Kier alpha value is -2.17. The monoisotopic (exact) mass is 349 g/mol. The highest BCUT2D eigenvalue weighted by Crippen LogP contribution is 2.32. The highest BCUT2D eigenvalue weighted by atomic mass is 35.5. The second-order valence-electron chi connectivity index (χ2n) is 4.88. The summed E-state index contributed by atoms with van der Waals surface area (Å²) in [5.74, 6) is 1.19. The summed E-state index contributed by atoms with van der Waals surface area (Å²) >= 11 is 12.0. The molecule has 0 spiro atoms. The van der Waals surface area contributed by atoms with Crippen LogP contribution < -0.4 is 14.8 Å². The van der Waals surface area contributed by atoms with Gasteiger partial charge in [0.25, 0.3) is 0 Å². The molecule has 6 heteroatoms. The fourth-order valence-corrected chi connectivity index (χ4v) is 2.48. The van der Waals surface area contributed by atoms with Crippen molar-refractivity contribution in [2.24, 2.45) is 0 Å². The number of ether oxygens (including phenoxy) is 2. The molecule has 4 nitrogen and oxygen atoms in total. The Morgan fingerprint density at radius 2 is 2.00 bits per heavy atom. The predicted molar refractivity (Wildman–Crippen MR) is 89.9 cm³/mol. The van der Waals surface area contributed by atoms with Crippen LogP contribution in [0.2, 0.25) is 10.0 Å². The highest BCUT2D eigenvalue weighted by molar-refractivity contribution is 6.42. The van der Waals surface area contributed by atoms with E-state index in [0.717, 1.165) is 11.3 Å². The van der Waals surface area contributed by atoms with Crippen LogP contribution in [0.4, 0.5) is 0 Å². The number of nitrogens with one attached hydrogen (secondary N) is 1. The van der Waals surface area contributed by atoms with Crippen molar-refractivity contribution in [1.29, 1.82) is 0 Å². The minimum atomic E-state index is -0.223. The van der Waals surface area contributed by atoms with Gasteiger partial charge in [0.1, 0.15) is 0 Å². The maximum atomic E-state index is 11.9. The lowest BCUT2D eigenvalue weighted by Gasteiger charge is -2.04. The van der Waals surface area contributed by atoms with Crippen LogP contribution >= 0.6 is 23.2 Å². The number of hydrogen-bond donors (Lipinski definition) is 1. The molecule has 1 amide bonds. The molecule has 1 aliphatic rings. The Kier molecular flexibility index (Phi) is 4.74. The van der Waals surface area contributed by atoms with E-state index in [0.29, 0.717) is 27.9 Å². The molecule has 118 valence electrons. The molecular weight excluding hydrogens is 337 g/mol. The molecule has 2 aromatic carbocycles. The second-order valence-corrected chi connectivity index (χ2v) is 5.67. The molecule has 0 saturated carbocycles. The van der Waals surface area contributed by atoms with Crippen LogP contribution in [0, 0.1) is 0 Å². The zero-order valence-corrected chi connectivity index (χ0v) is 13.5. The second kappa shape index (κ2) is 6.94. The molecule has 23 heavy (non-hydrogen) atoms. The molecule has 1 N–H and O–H groups in total. The summed E-state index contributed by atoms with van der Waals surface area (Å²) in [6.07, 6.45) is 3.05. The third-order valence-electron chi connectivity index (χ3n) is 3.30. The Morgan fingerprint density at radius 1 is 1.17 bits per heavy atom. The maximum absolute atomic E-state index is 11.9. The number of halogens is 2. The van der Waals surface area contributed by atoms with Gasteiger partial charge in [-0.05, 0) is 35.4 Å². The summed E-state index contributed by atoms with van der Waals surface area (Å²) < 4.78 is 10.5. The van der Waals surface area contributed by atoms with Gasteiger partial charge in [0.05, 0.1) is 10.0 Å². The first-order valence-corrected chi connectivity index (χ1v) is 7.67. The van der Waals surface area contributed by atoms with Crippen LogP contribution in [0.25, 0.3) is 6.08 Å². The van der Waals surface area contributed by atoms with Crippen molar-refractivity contribution < 1.29 is 14.3 Å². The van der Waals surface area contributed by atoms with E-state index in [1.165, 1.54) is 6.08 Å². The van der Waals surface area contributed by atoms with E-state index in [4.69, 9.17) is 32.7 Å². The molecule has 0 radical (unpaired) electrons. The van der Waals surface area contributed by atoms with Crippen molar-refractivity contribution in [1.82, 2.24) is 5.32 Å². The molecule has 0 fully saturated rings. The van der Waals surface area contributed by atoms with Crippen LogP contribution in [0.1, 0.15) is 11.1 Å². The fourth-order valence-electron chi connectivity index (χ4n) is 2.11. The van der Waals surface area contributed by atoms with Gasteiger partial charge in [-0.15, -0.1) is 0 Å². The van der Waals surface area contributed by atoms with E-state index in [-0.39, 0.29) is 12.7 Å². The van der Waals surface area contributed by atoms with Crippen LogP contribution in [-0.2, 0) is 11.3 Å². The summed E-state index contributed by atoms with van der Waals surface area (Å²) in [5.41, 5.74) is 1.62. The fraction of sp³-hybridized carbons (Fsp3) is 0.118. The smallest absolute Gasteiger partial charge is 0.244 e. The minimum absolute atomic E-state index is 0.223. The number of carbonyl (C=O) groups is 1. The van der Waals surface area contributed by atoms with E-state index in [1.54, 1.807) is 24.3 Å². The van der Waals surface area contributed by atoms with Gasteiger partial charge in [-0.3, -0.25) is 4.79 Å². The Morgan fingerprint density at radius 3 is 2.87 bits per heavy atom. The first kappa shape index (κ1) is 15.7. The number of rotatable bonds is 4. The molecule has 0 aliphatic carbocycles. The highest BCUT2D eigenvalue weighted by Gasteiger charge is 2.13. The number of benzene rings is 2. The van der Waals surface area contributed by atoms with Gasteiger partial charge in [0, 0.05) is 12.6 Å². The largest absolute Gasteiger partial charge is 0.454 e. The number of fused-ring (bicyclic) bond motifs is 1. The zero-order valence-electron chi connectivity index (χ0n) is 12.0. The lowest BCUT2D eigenvalue weighted by atomic mass is 10.2. The summed E-state index contributed by atoms with van der Waals surface area (Å²) in [5, 5.41) is 3.67. The normalized spacial score (nSPS) is 12.6. The van der Waals surface area contributed by atoms with Crippen LogP contribution in [0.3, 0.4) is 0 Å². The van der Waals surface area contributed by atoms with E-state index >= 15 is 0 Å². The molecule has 0 atom stereocenters. The van der Waals surface area contributed by atoms with Crippen molar-refractivity contribution in [2.45, 2.75) is 6.54 Å². The van der Waals surface area contributed by atoms with E-state index in [9.17, 15) is 4.79 Å². The summed E-state index contributed by atoms with van der Waals surface area (Å²) in [6.45, 7) is 0.622. The third-order valence-corrected chi connectivity index (χ3v) is 4.13. The van der Waals surface area contributed by atoms with Crippen LogP contribution in [0.5, 0.6) is 11.5 Å². The summed E-state index contributed by atoms with van der Waals surface area (Å²) in [7, 11) is 0. The maximum Gasteiger partial charge on any atom is 0.244 e. The molecule has 0 bridgehead atoms. The molecule has 3 rings (SSSR count). The lowest BCUT2D eigenvalue weighted by Crippen LogP contribution is -2.20. The van der Waals surface area contributed by atoms with Crippen molar-refractivity contribution in [3.63, 3.8) is 0 Å². The standard InChI is InChI=1S/C17H13Cl2NO3/c18-13-3-1-2-12(17(13)19)5-7-16(21)20-9-11-4-6-14-15(8-11)23-10-22-14/h1-8H,9-10H2,(H,20,21)/b7-5+. The van der Waals surface area contributed by atoms with Crippen molar-refractivity contribution in [3.8, 4) is 11.5 Å². The van der Waals surface area contributed by atoms with Gasteiger partial charge in [-0.1, -0.05) is 41.4 Å². The van der Waals surface area contributed by atoms with Gasteiger partial charge < -0.3 is 14.8 Å². The SMILES string of the molecule is O=C(/C=C/c1cccc(Cl)c1Cl)NCc1ccc2c(c1)OCO2. The Labute approximate surface area is 143 Å². The number of carbonyl (C=O) groups excluding carboxylic acids is 1. The molecule has 0 saturated heterocycles. The third kappa shape index (κ3) is 3.78. The van der Waals surface area contributed by atoms with Crippen LogP contribution in [0.15, 0.2) is 42.5 Å². The quantitative estimate of drug-likeness (QED) is 0.847. The van der Waals surface area contributed by atoms with Crippen molar-refractivity contribution in [3.05, 3.63) is 63.6 Å². The Bertz CT molecular complexity index is 774. The topological polar surface area (TPSA) is 47.6 Å². The van der Waals surface area contributed by atoms with Gasteiger partial charge in [-0.2, -0.15) is 0 Å². The summed E-state index contributed by atoms with van der Waals surface area (Å²) in [4.78, 5) is 11.9. The van der Waals surface area contributed by atoms with E-state index < -0.39 is 0 Å². The minimum Gasteiger partial charge on any atom is -0.454 e. The average molecular weight is 350 g/mol. The van der Waals surface area contributed by atoms with E-state index in [1.807, 2.05) is 18.2 Å². The van der Waals surface area contributed by atoms with Crippen molar-refractivity contribution in [2.75, 3.05) is 6.79 Å². The van der Waals surface area contributed by atoms with Gasteiger partial charge in [-0.25, -0.2) is 0 Å². The predicted octanol–water partition coefficient (Wildman–Crippen LogP) is 4.05. The van der Waals surface area contributed by atoms with Crippen molar-refractivity contribution >= 4 is 35.2 Å². The molecule has 1 aliphatic heterocycles. The number of hydrogen-bond acceptors (Lipinski definition) is 3. The van der Waals surface area contributed by atoms with Gasteiger partial charge in [0.15, 0.2) is 11.5 Å². The van der Waals surface area contributed by atoms with Gasteiger partial charge in [0.2, 0.25) is 12.7 Å². The zero-order chi connectivity index (χ0) is 16.2. The molecule has 0 unspecified atom stereocenters. The first-order chi connectivity index (χ1) is 11.1. The summed E-state index contributed by atoms with van der Waals surface area (Å²) in [6, 6.07) is 10.8. The average Bonchev–Trinajstić information content (AvgIpc) is 3.02. The lowest BCUT2D eigenvalue weighted by molar-refractivity contribution is -0.116. The first-order valence-electron chi connectivity index (χ1n) is 6.92. The molecule has 2 aromatic rings. The van der Waals surface area contributed by atoms with Crippen LogP contribution in [-0.4, -0.2) is 12.7 Å². The number of amides is 1. The van der Waals surface area contributed by atoms with E-state index in [2.05, 4.69) is 5.32 Å². The molecular formula is C17H13Cl2NO3. The molecule has 1 heterocycles. The van der Waals surface area contributed by atoms with Gasteiger partial charge >= 0.3 is 0 Å². The molecule has 0 aromatic heterocycles.